The zero-order chi connectivity index (χ0) is 27.7. The van der Waals surface area contributed by atoms with Crippen molar-refractivity contribution in [2.75, 3.05) is 47.3 Å². The van der Waals surface area contributed by atoms with Gasteiger partial charge in [0.05, 0.1) is 40.1 Å². The largest absolute Gasteiger partial charge is 0.493 e. The summed E-state index contributed by atoms with van der Waals surface area (Å²) in [6, 6.07) is 7.11. The van der Waals surface area contributed by atoms with Gasteiger partial charge in [0.2, 0.25) is 5.75 Å². The molecule has 0 bridgehead atoms. The predicted octanol–water partition coefficient (Wildman–Crippen LogP) is 4.41. The quantitative estimate of drug-likeness (QED) is 0.258. The molecule has 2 N–H and O–H groups in total. The van der Waals surface area contributed by atoms with Gasteiger partial charge in [-0.1, -0.05) is 19.1 Å². The molecule has 1 aliphatic rings. The Morgan fingerprint density at radius 1 is 0.921 bits per heavy atom. The van der Waals surface area contributed by atoms with Gasteiger partial charge in [0.15, 0.2) is 32.8 Å². The highest BCUT2D eigenvalue weighted by molar-refractivity contribution is 7.90. The van der Waals surface area contributed by atoms with Crippen molar-refractivity contribution in [3.63, 3.8) is 0 Å². The Hall–Kier alpha value is -2.99. The number of nitrogens with one attached hydrogen (secondary N) is 1. The van der Waals surface area contributed by atoms with Crippen molar-refractivity contribution < 1.29 is 42.0 Å². The lowest BCUT2D eigenvalue weighted by molar-refractivity contribution is 0.0435. The number of hydrogen-bond acceptors (Lipinski definition) is 10. The summed E-state index contributed by atoms with van der Waals surface area (Å²) >= 11 is 0. The van der Waals surface area contributed by atoms with Crippen molar-refractivity contribution in [3.8, 4) is 28.7 Å². The lowest BCUT2D eigenvalue weighted by atomic mass is 10.0. The second-order valence-corrected chi connectivity index (χ2v) is 10.7. The molecular formula is C27H37NO9S. The van der Waals surface area contributed by atoms with E-state index in [2.05, 4.69) is 0 Å². The summed E-state index contributed by atoms with van der Waals surface area (Å²) in [6.45, 7) is 2.70. The van der Waals surface area contributed by atoms with Crippen molar-refractivity contribution in [1.29, 1.82) is 0 Å². The summed E-state index contributed by atoms with van der Waals surface area (Å²) in [4.78, 5) is 0.0549. The van der Waals surface area contributed by atoms with Crippen LogP contribution in [0.3, 0.4) is 0 Å². The first-order chi connectivity index (χ1) is 18.3. The van der Waals surface area contributed by atoms with Crippen LogP contribution in [0.1, 0.15) is 49.5 Å². The van der Waals surface area contributed by atoms with E-state index >= 15 is 0 Å². The lowest BCUT2D eigenvalue weighted by Crippen LogP contribution is -2.10. The molecule has 2 aromatic carbocycles. The highest BCUT2D eigenvalue weighted by Gasteiger charge is 2.32. The molecule has 1 fully saturated rings. The van der Waals surface area contributed by atoms with Crippen molar-refractivity contribution in [2.24, 2.45) is 0 Å². The molecule has 10 nitrogen and oxygen atoms in total. The van der Waals surface area contributed by atoms with Crippen molar-refractivity contribution in [2.45, 2.75) is 43.3 Å². The van der Waals surface area contributed by atoms with E-state index in [9.17, 15) is 8.42 Å². The van der Waals surface area contributed by atoms with E-state index in [4.69, 9.17) is 33.6 Å². The lowest BCUT2D eigenvalue weighted by Gasteiger charge is -2.20. The van der Waals surface area contributed by atoms with Gasteiger partial charge < -0.3 is 33.6 Å². The fourth-order valence-corrected chi connectivity index (χ4v) is 5.12. The van der Waals surface area contributed by atoms with Crippen LogP contribution in [0.5, 0.6) is 28.7 Å². The first-order valence-corrected chi connectivity index (χ1v) is 14.3. The second kappa shape index (κ2) is 13.7. The van der Waals surface area contributed by atoms with Crippen LogP contribution in [0.2, 0.25) is 0 Å². The Morgan fingerprint density at radius 3 is 2.05 bits per heavy atom. The first kappa shape index (κ1) is 29.6. The third-order valence-corrected chi connectivity index (χ3v) is 7.16. The summed E-state index contributed by atoms with van der Waals surface area (Å²) in [5.41, 5.74) is 3.58. The van der Waals surface area contributed by atoms with Gasteiger partial charge in [-0.2, -0.15) is 0 Å². The van der Waals surface area contributed by atoms with E-state index in [1.807, 2.05) is 24.5 Å². The molecule has 210 valence electrons. The van der Waals surface area contributed by atoms with Crippen molar-refractivity contribution in [3.05, 3.63) is 47.5 Å². The fourth-order valence-electron chi connectivity index (χ4n) is 4.27. The van der Waals surface area contributed by atoms with Crippen LogP contribution in [-0.4, -0.2) is 61.0 Å². The number of hydrogen-bond donors (Lipinski definition) is 2. The minimum Gasteiger partial charge on any atom is -0.493 e. The minimum atomic E-state index is -3.64. The van der Waals surface area contributed by atoms with Crippen LogP contribution >= 0.6 is 0 Å². The van der Waals surface area contributed by atoms with E-state index in [-0.39, 0.29) is 36.0 Å². The standard InChI is InChI=1S/C27H37NO9S/c1-6-12-36-27-24(35-13-8-7-11-28-29)16-19(17-25(27)38(5,30)31)21-10-9-20(37-21)18-14-22(32-2)26(34-4)23(15-18)33-3/h7-8,14-17,20-21,28-29H,6,9-13H2,1-5H3/t20-,21-/m1/s1. The fraction of sp³-hybridized carbons (Fsp3) is 0.481. The number of benzene rings is 2. The molecule has 0 spiro atoms. The Morgan fingerprint density at radius 2 is 1.53 bits per heavy atom. The minimum absolute atomic E-state index is 0.0549. The van der Waals surface area contributed by atoms with Gasteiger partial charge in [0, 0.05) is 12.8 Å². The van der Waals surface area contributed by atoms with Crippen molar-refractivity contribution in [1.82, 2.24) is 5.48 Å². The summed E-state index contributed by atoms with van der Waals surface area (Å²) in [5, 5.41) is 8.73. The third-order valence-electron chi connectivity index (χ3n) is 6.05. The van der Waals surface area contributed by atoms with Gasteiger partial charge in [-0.15, -0.1) is 0 Å². The summed E-state index contributed by atoms with van der Waals surface area (Å²) in [5.74, 6) is 2.07. The van der Waals surface area contributed by atoms with E-state index in [0.29, 0.717) is 54.4 Å². The molecule has 3 rings (SSSR count). The molecule has 1 heterocycles. The van der Waals surface area contributed by atoms with Gasteiger partial charge in [0.1, 0.15) is 11.5 Å². The van der Waals surface area contributed by atoms with Crippen LogP contribution in [0.15, 0.2) is 41.3 Å². The monoisotopic (exact) mass is 551 g/mol. The molecule has 0 amide bonds. The van der Waals surface area contributed by atoms with Crippen LogP contribution in [0, 0.1) is 0 Å². The topological polar surface area (TPSA) is 122 Å². The average molecular weight is 552 g/mol. The molecule has 0 radical (unpaired) electrons. The Kier molecular flexibility index (Phi) is 10.7. The molecule has 2 aromatic rings. The van der Waals surface area contributed by atoms with Gasteiger partial charge in [-0.3, -0.25) is 0 Å². The van der Waals surface area contributed by atoms with Gasteiger partial charge >= 0.3 is 0 Å². The zero-order valence-electron chi connectivity index (χ0n) is 22.5. The molecule has 0 aliphatic carbocycles. The molecule has 11 heteroatoms. The molecule has 0 aromatic heterocycles. The summed E-state index contributed by atoms with van der Waals surface area (Å²) in [7, 11) is 1.03. The van der Waals surface area contributed by atoms with Crippen LogP contribution in [0.4, 0.5) is 0 Å². The SMILES string of the molecule is CCCOc1c(OCC=CCNO)cc([C@H]2CC[C@H](c3cc(OC)c(OC)c(OC)c3)O2)cc1S(C)(=O)=O. The van der Waals surface area contributed by atoms with Crippen LogP contribution < -0.4 is 29.2 Å². The summed E-state index contributed by atoms with van der Waals surface area (Å²) in [6.07, 6.45) is 6.01. The normalized spacial score (nSPS) is 17.5. The first-order valence-electron chi connectivity index (χ1n) is 12.4. The Labute approximate surface area is 224 Å². The summed E-state index contributed by atoms with van der Waals surface area (Å²) < 4.78 is 60.1. The second-order valence-electron chi connectivity index (χ2n) is 8.76. The highest BCUT2D eigenvalue weighted by Crippen LogP contribution is 2.48. The Balaban J connectivity index is 1.96. The molecule has 0 unspecified atom stereocenters. The molecule has 2 atom stereocenters. The van der Waals surface area contributed by atoms with Gasteiger partial charge in [0.25, 0.3) is 0 Å². The van der Waals surface area contributed by atoms with Crippen LogP contribution in [0.25, 0.3) is 0 Å². The van der Waals surface area contributed by atoms with E-state index in [1.54, 1.807) is 45.6 Å². The molecule has 1 saturated heterocycles. The number of methoxy groups -OCH3 is 3. The maximum Gasteiger partial charge on any atom is 0.203 e. The molecule has 1 aliphatic heterocycles. The van der Waals surface area contributed by atoms with E-state index in [0.717, 1.165) is 11.8 Å². The predicted molar refractivity (Wildman–Crippen MR) is 142 cm³/mol. The number of hydroxylamine groups is 1. The van der Waals surface area contributed by atoms with E-state index in [1.165, 1.54) is 0 Å². The van der Waals surface area contributed by atoms with Crippen molar-refractivity contribution >= 4 is 9.84 Å². The van der Waals surface area contributed by atoms with Gasteiger partial charge in [-0.25, -0.2) is 13.9 Å². The molecule has 0 saturated carbocycles. The van der Waals surface area contributed by atoms with Crippen LogP contribution in [-0.2, 0) is 14.6 Å². The van der Waals surface area contributed by atoms with E-state index < -0.39 is 9.84 Å². The smallest absolute Gasteiger partial charge is 0.203 e. The Bertz CT molecular complexity index is 1190. The zero-order valence-corrected chi connectivity index (χ0v) is 23.3. The molecule has 38 heavy (non-hydrogen) atoms. The van der Waals surface area contributed by atoms with Gasteiger partial charge in [-0.05, 0) is 54.7 Å². The molecular weight excluding hydrogens is 514 g/mol. The maximum atomic E-state index is 12.8. The highest BCUT2D eigenvalue weighted by atomic mass is 32.2. The third kappa shape index (κ3) is 7.10. The number of sulfone groups is 1. The number of ether oxygens (including phenoxy) is 6. The average Bonchev–Trinajstić information content (AvgIpc) is 3.40. The maximum absolute atomic E-state index is 12.8. The number of rotatable bonds is 14.